The summed E-state index contributed by atoms with van der Waals surface area (Å²) in [6, 6.07) is 0. The van der Waals surface area contributed by atoms with Gasteiger partial charge in [-0.05, 0) is 79.4 Å². The Morgan fingerprint density at radius 1 is 0.667 bits per heavy atom. The molecule has 0 unspecified atom stereocenters. The van der Waals surface area contributed by atoms with E-state index in [0.717, 1.165) is 0 Å². The van der Waals surface area contributed by atoms with Crippen molar-refractivity contribution in [1.29, 1.82) is 0 Å². The van der Waals surface area contributed by atoms with Crippen molar-refractivity contribution in [3.63, 3.8) is 0 Å². The third-order valence-electron chi connectivity index (χ3n) is 17.0. The van der Waals surface area contributed by atoms with E-state index in [2.05, 4.69) is 13.8 Å². The molecule has 4 saturated carbocycles. The Kier molecular flexibility index (Phi) is 15.4. The molecule has 7 rings (SSSR count). The Morgan fingerprint density at radius 3 is 2.00 bits per heavy atom. The molecule has 0 amide bonds. The van der Waals surface area contributed by atoms with E-state index < -0.39 is 145 Å². The highest BCUT2D eigenvalue weighted by molar-refractivity contribution is 5.24. The van der Waals surface area contributed by atoms with Gasteiger partial charge in [0.2, 0.25) is 0 Å². The smallest absolute Gasteiger partial charge is 0.186 e. The van der Waals surface area contributed by atoms with Crippen LogP contribution in [0.4, 0.5) is 0 Å². The van der Waals surface area contributed by atoms with E-state index >= 15 is 0 Å². The first kappa shape index (κ1) is 50.1. The molecule has 0 radical (unpaired) electrons. The molecule has 7 fully saturated rings. The number of hydrogen-bond donors (Lipinski definition) is 11. The lowest BCUT2D eigenvalue weighted by Crippen LogP contribution is -2.77. The highest BCUT2D eigenvalue weighted by atomic mass is 16.7. The molecule has 4 aliphatic carbocycles. The number of fused-ring (bicyclic) bond motifs is 5. The molecule has 0 spiro atoms. The predicted octanol–water partition coefficient (Wildman–Crippen LogP) is -1.86. The Morgan fingerprint density at radius 2 is 1.33 bits per heavy atom. The molecule has 3 heterocycles. The number of aliphatic hydroxyl groups is 11. The van der Waals surface area contributed by atoms with E-state index in [1.54, 1.807) is 0 Å². The van der Waals surface area contributed by atoms with E-state index in [-0.39, 0.29) is 37.6 Å². The molecule has 11 N–H and O–H groups in total. The van der Waals surface area contributed by atoms with Gasteiger partial charge in [-0.15, -0.1) is 0 Å². The van der Waals surface area contributed by atoms with Gasteiger partial charge in [0.25, 0.3) is 0 Å². The predicted molar refractivity (Wildman–Crippen MR) is 217 cm³/mol. The summed E-state index contributed by atoms with van der Waals surface area (Å²) in [5, 5.41) is 123. The molecular weight excluding hydrogens is 832 g/mol. The van der Waals surface area contributed by atoms with Gasteiger partial charge < -0.3 is 94.1 Å². The third-order valence-corrected chi connectivity index (χ3v) is 17.0. The van der Waals surface area contributed by atoms with Gasteiger partial charge in [-0.2, -0.15) is 0 Å². The minimum atomic E-state index is -1.87. The van der Waals surface area contributed by atoms with Crippen molar-refractivity contribution in [2.45, 2.75) is 196 Å². The molecular formula is C44H76O19. The molecule has 0 aromatic carbocycles. The number of aliphatic hydroxyl groups excluding tert-OH is 10. The van der Waals surface area contributed by atoms with Gasteiger partial charge in [0.15, 0.2) is 18.9 Å². The van der Waals surface area contributed by atoms with Crippen molar-refractivity contribution in [2.24, 2.45) is 46.3 Å². The zero-order chi connectivity index (χ0) is 46.1. The van der Waals surface area contributed by atoms with Crippen molar-refractivity contribution >= 4 is 0 Å². The molecule has 7 aliphatic rings. The summed E-state index contributed by atoms with van der Waals surface area (Å²) in [5.74, 6) is -2.30. The zero-order valence-electron chi connectivity index (χ0n) is 37.6. The monoisotopic (exact) mass is 908 g/mol. The van der Waals surface area contributed by atoms with Crippen molar-refractivity contribution < 1.29 is 94.1 Å². The molecule has 26 atom stereocenters. The van der Waals surface area contributed by atoms with E-state index in [1.165, 1.54) is 14.2 Å². The number of hydrogen-bond acceptors (Lipinski definition) is 19. The minimum absolute atomic E-state index is 0.00983. The first-order valence-corrected chi connectivity index (χ1v) is 23.0. The highest BCUT2D eigenvalue weighted by Gasteiger charge is 2.75. The normalized spacial score (nSPS) is 53.5. The van der Waals surface area contributed by atoms with Gasteiger partial charge in [-0.1, -0.05) is 34.6 Å². The van der Waals surface area contributed by atoms with Crippen molar-refractivity contribution in [3.8, 4) is 0 Å². The zero-order valence-corrected chi connectivity index (χ0v) is 37.6. The summed E-state index contributed by atoms with van der Waals surface area (Å²) in [4.78, 5) is 0. The Bertz CT molecular complexity index is 1510. The maximum atomic E-state index is 13.0. The second-order valence-electron chi connectivity index (χ2n) is 20.8. The van der Waals surface area contributed by atoms with Crippen molar-refractivity contribution in [1.82, 2.24) is 0 Å². The van der Waals surface area contributed by atoms with Gasteiger partial charge >= 0.3 is 0 Å². The Hall–Kier alpha value is -0.760. The van der Waals surface area contributed by atoms with Crippen LogP contribution < -0.4 is 0 Å². The van der Waals surface area contributed by atoms with Crippen LogP contribution in [-0.2, 0) is 37.9 Å². The van der Waals surface area contributed by atoms with E-state index in [4.69, 9.17) is 37.9 Å². The molecule has 3 aliphatic heterocycles. The van der Waals surface area contributed by atoms with E-state index in [0.29, 0.717) is 44.9 Å². The molecule has 19 heteroatoms. The largest absolute Gasteiger partial charge is 0.393 e. The van der Waals surface area contributed by atoms with Gasteiger partial charge in [-0.3, -0.25) is 0 Å². The second-order valence-corrected chi connectivity index (χ2v) is 20.8. The van der Waals surface area contributed by atoms with Gasteiger partial charge in [0, 0.05) is 26.1 Å². The number of ether oxygens (including phenoxy) is 8. The Balaban J connectivity index is 0.989. The van der Waals surface area contributed by atoms with Crippen LogP contribution >= 0.6 is 0 Å². The molecule has 63 heavy (non-hydrogen) atoms. The summed E-state index contributed by atoms with van der Waals surface area (Å²) < 4.78 is 45.9. The molecule has 3 saturated heterocycles. The average Bonchev–Trinajstić information content (AvgIpc) is 3.68. The average molecular weight is 909 g/mol. The van der Waals surface area contributed by atoms with Crippen LogP contribution in [0.25, 0.3) is 0 Å². The fraction of sp³-hybridized carbons (Fsp3) is 1.00. The van der Waals surface area contributed by atoms with Crippen LogP contribution in [0.3, 0.4) is 0 Å². The second kappa shape index (κ2) is 19.3. The summed E-state index contributed by atoms with van der Waals surface area (Å²) in [6.45, 7) is 9.57. The standard InChI is InChI=1S/C44H76O19/c1-18(2)23(61-40-35(53)31(49)26(63-40)17-59-39-34(52)29(47)22(46)15-58-39)9-8-19(3)20-14-21(45)37-42(20,4)13-11-27-43(5)12-10-24(30(48)28(43)33(51)38(54)44(27,37)55)62-41-36(57-7)32(50)25(56-6)16-60-41/h18-41,45-55H,8-17H2,1-7H3/t19-,20-,21-,22-,23+,24+,25-,26+,27-,28-,29+,30+,31-,32+,33-,34-,35-,36-,37+,38-,39+,40-,41+,42-,43-,44+/m1/s1. The summed E-state index contributed by atoms with van der Waals surface area (Å²) in [6.07, 6.45) is -17.4. The molecule has 0 aromatic heterocycles. The lowest BCUT2D eigenvalue weighted by molar-refractivity contribution is -0.339. The van der Waals surface area contributed by atoms with Gasteiger partial charge in [0.05, 0.1) is 50.3 Å². The summed E-state index contributed by atoms with van der Waals surface area (Å²) >= 11 is 0. The van der Waals surface area contributed by atoms with Gasteiger partial charge in [0.1, 0.15) is 66.6 Å². The summed E-state index contributed by atoms with van der Waals surface area (Å²) in [5.41, 5.74) is -3.33. The third kappa shape index (κ3) is 8.69. The van der Waals surface area contributed by atoms with E-state index in [9.17, 15) is 56.2 Å². The maximum Gasteiger partial charge on any atom is 0.186 e. The highest BCUT2D eigenvalue weighted by Crippen LogP contribution is 2.70. The molecule has 19 nitrogen and oxygen atoms in total. The van der Waals surface area contributed by atoms with Crippen molar-refractivity contribution in [2.75, 3.05) is 34.0 Å². The number of rotatable bonds is 14. The first-order chi connectivity index (χ1) is 29.6. The number of methoxy groups -OCH3 is 2. The van der Waals surface area contributed by atoms with Crippen LogP contribution in [0.15, 0.2) is 0 Å². The maximum absolute atomic E-state index is 13.0. The molecule has 366 valence electrons. The van der Waals surface area contributed by atoms with Crippen LogP contribution in [0.5, 0.6) is 0 Å². The summed E-state index contributed by atoms with van der Waals surface area (Å²) in [7, 11) is 2.88. The van der Waals surface area contributed by atoms with Crippen LogP contribution in [0.2, 0.25) is 0 Å². The van der Waals surface area contributed by atoms with Crippen LogP contribution in [0, 0.1) is 46.3 Å². The first-order valence-electron chi connectivity index (χ1n) is 23.0. The fourth-order valence-electron chi connectivity index (χ4n) is 13.5. The topological polar surface area (TPSA) is 296 Å². The van der Waals surface area contributed by atoms with Crippen LogP contribution in [-0.4, -0.2) is 206 Å². The Labute approximate surface area is 369 Å². The van der Waals surface area contributed by atoms with Crippen molar-refractivity contribution in [3.05, 3.63) is 0 Å². The SMILES string of the molecule is CO[C@H]1[C@H](O[C@H]2CC[C@@]3(C)[C@H]([C@H]2O)[C@@H](O)[C@@H](O)[C@]2(O)[C@@H]3CC[C@]3(C)[C@@H]([C@H](C)CC[C@H](O[C@@H]4O[C@@H](CO[C@@H]5OC[C@@H](O)[C@H](O)[C@H]5O)[C@@H](O)[C@H]4O)C(C)C)C[C@@H](O)[C@@H]32)OC[C@@H](OC)[C@@H]1O. The molecule has 0 aromatic rings. The molecule has 0 bridgehead atoms. The van der Waals surface area contributed by atoms with E-state index in [1.807, 2.05) is 20.8 Å². The lowest BCUT2D eigenvalue weighted by Gasteiger charge is -2.68. The fourth-order valence-corrected chi connectivity index (χ4v) is 13.5. The quantitative estimate of drug-likeness (QED) is 0.0852. The minimum Gasteiger partial charge on any atom is -0.393 e. The van der Waals surface area contributed by atoms with Crippen LogP contribution in [0.1, 0.15) is 79.6 Å². The van der Waals surface area contributed by atoms with Gasteiger partial charge in [-0.25, -0.2) is 0 Å². The lowest BCUT2D eigenvalue weighted by atomic mass is 9.40.